The number of carbonyl (C=O) groups excluding carboxylic acids is 1. The van der Waals surface area contributed by atoms with E-state index in [1.807, 2.05) is 23.1 Å². The van der Waals surface area contributed by atoms with Crippen molar-refractivity contribution in [2.45, 2.75) is 63.6 Å². The molecule has 182 valence electrons. The van der Waals surface area contributed by atoms with Crippen molar-refractivity contribution >= 4 is 33.4 Å². The molecule has 1 saturated heterocycles. The Morgan fingerprint density at radius 3 is 2.77 bits per heavy atom. The Labute approximate surface area is 208 Å². The number of hydrogen-bond donors (Lipinski definition) is 2. The lowest BCUT2D eigenvalue weighted by molar-refractivity contribution is 0.0929. The van der Waals surface area contributed by atoms with Crippen LogP contribution in [-0.4, -0.2) is 40.6 Å². The van der Waals surface area contributed by atoms with Crippen LogP contribution in [0.1, 0.15) is 66.4 Å². The number of anilines is 1. The third-order valence-corrected chi connectivity index (χ3v) is 8.01. The van der Waals surface area contributed by atoms with Gasteiger partial charge in [0.1, 0.15) is 10.2 Å². The highest BCUT2D eigenvalue weighted by Crippen LogP contribution is 2.27. The summed E-state index contributed by atoms with van der Waals surface area (Å²) >= 11 is 1.26. The van der Waals surface area contributed by atoms with Crippen LogP contribution in [0, 0.1) is 11.3 Å². The first-order valence-corrected chi connectivity index (χ1v) is 13.2. The van der Waals surface area contributed by atoms with Crippen LogP contribution >= 0.6 is 11.3 Å². The molecule has 2 aliphatic rings. The second-order valence-corrected chi connectivity index (χ2v) is 10.4. The number of rotatable bonds is 5. The van der Waals surface area contributed by atoms with E-state index in [0.29, 0.717) is 33.8 Å². The number of benzene rings is 1. The Kier molecular flexibility index (Phi) is 6.84. The Hall–Kier alpha value is -3.22. The fraction of sp³-hybridized carbons (Fsp3) is 0.462. The lowest BCUT2D eigenvalue weighted by Crippen LogP contribution is -2.45. The van der Waals surface area contributed by atoms with Crippen molar-refractivity contribution in [3.05, 3.63) is 56.7 Å². The number of nitriles is 1. The number of amides is 1. The maximum atomic E-state index is 13.8. The topological polar surface area (TPSA) is 117 Å². The molecule has 1 amide bonds. The summed E-state index contributed by atoms with van der Waals surface area (Å²) in [5.41, 5.74) is 8.26. The van der Waals surface area contributed by atoms with Gasteiger partial charge >= 0.3 is 0 Å². The molecular weight excluding hydrogens is 460 g/mol. The summed E-state index contributed by atoms with van der Waals surface area (Å²) in [5.74, 6) is 0.347. The number of nitrogens with one attached hydrogen (secondary N) is 1. The maximum Gasteiger partial charge on any atom is 0.273 e. The lowest BCUT2D eigenvalue weighted by atomic mass is 9.95. The Morgan fingerprint density at radius 1 is 1.20 bits per heavy atom. The van der Waals surface area contributed by atoms with Crippen LogP contribution in [-0.2, 0) is 6.54 Å². The second-order valence-electron chi connectivity index (χ2n) is 9.56. The third kappa shape index (κ3) is 4.81. The summed E-state index contributed by atoms with van der Waals surface area (Å²) in [4.78, 5) is 33.9. The minimum Gasteiger partial charge on any atom is -0.349 e. The first kappa shape index (κ1) is 23.5. The molecule has 35 heavy (non-hydrogen) atoms. The van der Waals surface area contributed by atoms with Gasteiger partial charge in [0, 0.05) is 30.6 Å². The molecule has 0 radical (unpaired) electrons. The quantitative estimate of drug-likeness (QED) is 0.566. The van der Waals surface area contributed by atoms with E-state index in [0.717, 1.165) is 50.6 Å². The number of aromatic nitrogens is 2. The van der Waals surface area contributed by atoms with Crippen LogP contribution in [0.2, 0.25) is 0 Å². The average Bonchev–Trinajstić information content (AvgIpc) is 3.31. The normalized spacial score (nSPS) is 19.0. The summed E-state index contributed by atoms with van der Waals surface area (Å²) in [6, 6.07) is 9.67. The van der Waals surface area contributed by atoms with E-state index in [1.165, 1.54) is 17.8 Å². The number of fused-ring (bicyclic) bond motifs is 1. The number of nitrogens with two attached hydrogens (primary N) is 1. The molecule has 8 nitrogen and oxygen atoms in total. The largest absolute Gasteiger partial charge is 0.349 e. The zero-order chi connectivity index (χ0) is 24.4. The van der Waals surface area contributed by atoms with Crippen molar-refractivity contribution in [3.8, 4) is 6.07 Å². The molecule has 2 aromatic heterocycles. The molecule has 0 bridgehead atoms. The van der Waals surface area contributed by atoms with Gasteiger partial charge in [-0.3, -0.25) is 14.2 Å². The monoisotopic (exact) mass is 490 g/mol. The maximum absolute atomic E-state index is 13.8. The predicted molar refractivity (Wildman–Crippen MR) is 138 cm³/mol. The molecule has 1 aromatic carbocycles. The van der Waals surface area contributed by atoms with Crippen LogP contribution in [0.4, 0.5) is 5.95 Å². The van der Waals surface area contributed by atoms with Crippen LogP contribution in [0.25, 0.3) is 10.2 Å². The van der Waals surface area contributed by atoms with Crippen molar-refractivity contribution in [2.24, 2.45) is 5.73 Å². The van der Waals surface area contributed by atoms with Crippen LogP contribution in [0.3, 0.4) is 0 Å². The molecule has 3 N–H and O–H groups in total. The molecule has 9 heteroatoms. The fourth-order valence-corrected chi connectivity index (χ4v) is 6.11. The highest BCUT2D eigenvalue weighted by atomic mass is 32.1. The molecule has 3 aromatic rings. The average molecular weight is 491 g/mol. The molecule has 1 aliphatic carbocycles. The van der Waals surface area contributed by atoms with Crippen molar-refractivity contribution in [3.63, 3.8) is 0 Å². The van der Waals surface area contributed by atoms with Gasteiger partial charge in [-0.1, -0.05) is 37.5 Å². The van der Waals surface area contributed by atoms with Crippen molar-refractivity contribution < 1.29 is 4.79 Å². The summed E-state index contributed by atoms with van der Waals surface area (Å²) in [6.45, 7) is 1.55. The van der Waals surface area contributed by atoms with Crippen molar-refractivity contribution in [1.29, 1.82) is 5.26 Å². The number of thiophene rings is 1. The number of hydrogen-bond acceptors (Lipinski definition) is 7. The zero-order valence-electron chi connectivity index (χ0n) is 19.7. The molecule has 2 fully saturated rings. The number of nitrogens with zero attached hydrogens (tertiary/aromatic N) is 4. The van der Waals surface area contributed by atoms with E-state index in [9.17, 15) is 14.9 Å². The van der Waals surface area contributed by atoms with Crippen molar-refractivity contribution in [1.82, 2.24) is 14.9 Å². The lowest BCUT2D eigenvalue weighted by Gasteiger charge is -2.33. The van der Waals surface area contributed by atoms with Crippen LogP contribution in [0.5, 0.6) is 0 Å². The van der Waals surface area contributed by atoms with Crippen LogP contribution in [0.15, 0.2) is 34.4 Å². The van der Waals surface area contributed by atoms with Gasteiger partial charge in [-0.15, -0.1) is 11.3 Å². The highest BCUT2D eigenvalue weighted by molar-refractivity contribution is 7.17. The zero-order valence-corrected chi connectivity index (χ0v) is 20.5. The summed E-state index contributed by atoms with van der Waals surface area (Å²) < 4.78 is 2.09. The minimum atomic E-state index is -0.196. The van der Waals surface area contributed by atoms with Crippen molar-refractivity contribution in [2.75, 3.05) is 18.0 Å². The van der Waals surface area contributed by atoms with Gasteiger partial charge in [0.25, 0.3) is 11.5 Å². The molecule has 3 heterocycles. The third-order valence-electron chi connectivity index (χ3n) is 7.05. The van der Waals surface area contributed by atoms with E-state index in [4.69, 9.17) is 10.7 Å². The smallest absolute Gasteiger partial charge is 0.273 e. The van der Waals surface area contributed by atoms with Gasteiger partial charge in [0.05, 0.1) is 23.7 Å². The molecule has 5 rings (SSSR count). The van der Waals surface area contributed by atoms with E-state index in [-0.39, 0.29) is 30.1 Å². The van der Waals surface area contributed by atoms with Gasteiger partial charge in [0.15, 0.2) is 0 Å². The Morgan fingerprint density at radius 2 is 2.00 bits per heavy atom. The summed E-state index contributed by atoms with van der Waals surface area (Å²) in [7, 11) is 0. The molecule has 0 spiro atoms. The molecule has 1 saturated carbocycles. The fourth-order valence-electron chi connectivity index (χ4n) is 5.17. The first-order chi connectivity index (χ1) is 17.0. The second kappa shape index (κ2) is 10.2. The van der Waals surface area contributed by atoms with E-state index in [1.54, 1.807) is 16.0 Å². The number of piperidine rings is 1. The number of carbonyl (C=O) groups is 1. The van der Waals surface area contributed by atoms with E-state index in [2.05, 4.69) is 11.4 Å². The first-order valence-electron chi connectivity index (χ1n) is 12.4. The van der Waals surface area contributed by atoms with E-state index < -0.39 is 0 Å². The summed E-state index contributed by atoms with van der Waals surface area (Å²) in [6.07, 6.45) is 7.28. The van der Waals surface area contributed by atoms with Gasteiger partial charge in [-0.25, -0.2) is 4.98 Å². The Bertz CT molecular complexity index is 1330. The van der Waals surface area contributed by atoms with E-state index >= 15 is 0 Å². The standard InChI is InChI=1S/C26H30N6O2S/c27-13-17-7-4-5-8-18(17)14-32-25(34)23-22(30-26(32)31-12-6-9-19(28)15-31)21(16-35-23)24(33)29-20-10-2-1-3-11-20/h4-5,7-8,16,19-20H,1-3,6,9-12,14-15,28H2,(H,29,33)/t19-/m1/s1. The summed E-state index contributed by atoms with van der Waals surface area (Å²) in [5, 5.41) is 14.5. The predicted octanol–water partition coefficient (Wildman–Crippen LogP) is 3.37. The van der Waals surface area contributed by atoms with Gasteiger partial charge in [0.2, 0.25) is 5.95 Å². The minimum absolute atomic E-state index is 0.00672. The Balaban J connectivity index is 1.58. The van der Waals surface area contributed by atoms with Gasteiger partial charge in [-0.05, 0) is 37.3 Å². The molecule has 1 atom stereocenters. The van der Waals surface area contributed by atoms with Gasteiger partial charge < -0.3 is 16.0 Å². The SMILES string of the molecule is N#Cc1ccccc1Cn1c(N2CCC[C@@H](N)C2)nc2c(C(=O)NC3CCCCC3)csc2c1=O. The highest BCUT2D eigenvalue weighted by Gasteiger charge is 2.26. The van der Waals surface area contributed by atoms with Crippen LogP contribution < -0.4 is 21.5 Å². The molecule has 0 unspecified atom stereocenters. The molecule has 1 aliphatic heterocycles. The van der Waals surface area contributed by atoms with Gasteiger partial charge in [-0.2, -0.15) is 5.26 Å². The molecular formula is C26H30N6O2S.